The number of rotatable bonds is 3. The minimum absolute atomic E-state index is 0.0925. The molecule has 0 saturated heterocycles. The van der Waals surface area contributed by atoms with Crippen LogP contribution in [-0.4, -0.2) is 28.7 Å². The number of hydrogen-bond donors (Lipinski definition) is 2. The maximum atomic E-state index is 8.05. The first-order chi connectivity index (χ1) is 2.91. The highest BCUT2D eigenvalue weighted by Gasteiger charge is 1.72. The molecule has 0 aromatic rings. The van der Waals surface area contributed by atoms with E-state index in [1.54, 1.807) is 0 Å². The lowest BCUT2D eigenvalue weighted by atomic mass is 10.8. The van der Waals surface area contributed by atoms with Crippen LogP contribution in [0.5, 0.6) is 0 Å². The Bertz CT molecular complexity index is 23.5. The van der Waals surface area contributed by atoms with Gasteiger partial charge in [-0.15, -0.1) is 0 Å². The molecule has 6 heavy (non-hydrogen) atoms. The smallest absolute Gasteiger partial charge is 0.109 e. The number of aliphatic hydroxyl groups is 1. The third-order valence-electron chi connectivity index (χ3n) is 0.338. The molecule has 0 rings (SSSR count). The van der Waals surface area contributed by atoms with Crippen LogP contribution in [0.25, 0.3) is 0 Å². The van der Waals surface area contributed by atoms with Gasteiger partial charge in [-0.25, -0.2) is 5.15 Å². The Hall–Kier alpha value is 0.0969. The molecule has 4 heteroatoms. The molecule has 2 N–H and O–H groups in total. The molecule has 0 amide bonds. The lowest BCUT2D eigenvalue weighted by molar-refractivity contribution is 0.0612. The first-order valence-electron chi connectivity index (χ1n) is 1.81. The zero-order valence-electron chi connectivity index (χ0n) is 3.77. The van der Waals surface area contributed by atoms with Crippen LogP contribution < -0.4 is 5.15 Å². The highest BCUT2D eigenvalue weighted by Crippen LogP contribution is 1.56. The van der Waals surface area contributed by atoms with Crippen molar-refractivity contribution in [3.63, 3.8) is 0 Å². The van der Waals surface area contributed by atoms with Crippen LogP contribution in [0.1, 0.15) is 0 Å². The SMILES string of the molecule is OCCON[SiH3]. The second kappa shape index (κ2) is 5.10. The van der Waals surface area contributed by atoms with Crippen molar-refractivity contribution in [1.29, 1.82) is 0 Å². The summed E-state index contributed by atoms with van der Waals surface area (Å²) in [6.45, 7) is 0.485. The van der Waals surface area contributed by atoms with Gasteiger partial charge in [-0.1, -0.05) is 0 Å². The Morgan fingerprint density at radius 1 is 1.83 bits per heavy atom. The molecule has 0 aliphatic heterocycles. The van der Waals surface area contributed by atoms with Gasteiger partial charge in [-0.3, -0.25) is 0 Å². The average Bonchev–Trinajstić information content (AvgIpc) is 1.61. The van der Waals surface area contributed by atoms with Crippen molar-refractivity contribution in [3.05, 3.63) is 0 Å². The Labute approximate surface area is 39.8 Å². The molecule has 0 fully saturated rings. The lowest BCUT2D eigenvalue weighted by Gasteiger charge is -1.93. The van der Waals surface area contributed by atoms with Crippen molar-refractivity contribution in [2.75, 3.05) is 13.2 Å². The number of aliphatic hydroxyl groups excluding tert-OH is 1. The summed E-state index contributed by atoms with van der Waals surface area (Å²) in [5, 5.41) is 10.6. The molecule has 0 aliphatic carbocycles. The molecular formula is C2H9NO2Si. The third-order valence-corrected chi connectivity index (χ3v) is 0.626. The van der Waals surface area contributed by atoms with Gasteiger partial charge in [-0.2, -0.15) is 0 Å². The van der Waals surface area contributed by atoms with E-state index in [9.17, 15) is 0 Å². The fourth-order valence-electron chi connectivity index (χ4n) is 0.148. The van der Waals surface area contributed by atoms with Crippen LogP contribution in [0.15, 0.2) is 0 Å². The summed E-state index contributed by atoms with van der Waals surface area (Å²) in [6.07, 6.45) is 0. The topological polar surface area (TPSA) is 41.5 Å². The number of hydrogen-bond acceptors (Lipinski definition) is 3. The van der Waals surface area contributed by atoms with Crippen molar-refractivity contribution in [2.24, 2.45) is 0 Å². The van der Waals surface area contributed by atoms with E-state index in [1.807, 2.05) is 0 Å². The summed E-state index contributed by atoms with van der Waals surface area (Å²) in [7, 11) is 0.820. The van der Waals surface area contributed by atoms with E-state index in [0.717, 1.165) is 10.4 Å². The second-order valence-corrected chi connectivity index (χ2v) is 1.18. The summed E-state index contributed by atoms with van der Waals surface area (Å²) >= 11 is 0. The molecule has 0 aromatic heterocycles. The second-order valence-electron chi connectivity index (χ2n) is 0.776. The first-order valence-corrected chi connectivity index (χ1v) is 2.81. The summed E-state index contributed by atoms with van der Waals surface area (Å²) < 4.78 is 0. The molecule has 3 nitrogen and oxygen atoms in total. The predicted octanol–water partition coefficient (Wildman–Crippen LogP) is -2.22. The summed E-state index contributed by atoms with van der Waals surface area (Å²) in [6, 6.07) is 0. The summed E-state index contributed by atoms with van der Waals surface area (Å²) in [4.78, 5) is 4.54. The molecule has 0 aliphatic rings. The van der Waals surface area contributed by atoms with Gasteiger partial charge in [-0.05, 0) is 0 Å². The molecule has 0 aromatic carbocycles. The zero-order chi connectivity index (χ0) is 4.83. The van der Waals surface area contributed by atoms with Gasteiger partial charge in [0.2, 0.25) is 0 Å². The van der Waals surface area contributed by atoms with E-state index in [0.29, 0.717) is 6.61 Å². The average molecular weight is 107 g/mol. The molecule has 0 saturated carbocycles. The minimum atomic E-state index is 0.0925. The van der Waals surface area contributed by atoms with Crippen molar-refractivity contribution >= 4 is 10.4 Å². The molecular weight excluding hydrogens is 98.1 g/mol. The monoisotopic (exact) mass is 107 g/mol. The van der Waals surface area contributed by atoms with E-state index >= 15 is 0 Å². The van der Waals surface area contributed by atoms with E-state index < -0.39 is 0 Å². The van der Waals surface area contributed by atoms with Gasteiger partial charge in [0.15, 0.2) is 0 Å². The van der Waals surface area contributed by atoms with Gasteiger partial charge < -0.3 is 9.94 Å². The fourth-order valence-corrected chi connectivity index (χ4v) is 0.352. The third kappa shape index (κ3) is 4.10. The van der Waals surface area contributed by atoms with E-state index in [2.05, 4.69) is 9.98 Å². The minimum Gasteiger partial charge on any atom is -0.394 e. The summed E-state index contributed by atoms with van der Waals surface area (Å²) in [5.41, 5.74) is 0. The molecule has 0 bridgehead atoms. The van der Waals surface area contributed by atoms with Crippen molar-refractivity contribution in [3.8, 4) is 0 Å². The van der Waals surface area contributed by atoms with Crippen LogP contribution in [0.2, 0.25) is 0 Å². The van der Waals surface area contributed by atoms with E-state index in [4.69, 9.17) is 5.11 Å². The fraction of sp³-hybridized carbons (Fsp3) is 1.00. The van der Waals surface area contributed by atoms with Crippen LogP contribution in [0.4, 0.5) is 0 Å². The zero-order valence-corrected chi connectivity index (χ0v) is 5.77. The number of nitrogens with one attached hydrogen (secondary N) is 1. The van der Waals surface area contributed by atoms with Crippen molar-refractivity contribution < 1.29 is 9.94 Å². The molecule has 0 atom stereocenters. The molecule has 0 spiro atoms. The van der Waals surface area contributed by atoms with Crippen molar-refractivity contribution in [2.45, 2.75) is 0 Å². The molecule has 0 unspecified atom stereocenters. The maximum Gasteiger partial charge on any atom is 0.109 e. The quantitative estimate of drug-likeness (QED) is 0.244. The van der Waals surface area contributed by atoms with E-state index in [-0.39, 0.29) is 6.61 Å². The largest absolute Gasteiger partial charge is 0.394 e. The van der Waals surface area contributed by atoms with Crippen LogP contribution >= 0.6 is 0 Å². The Morgan fingerprint density at radius 3 is 2.67 bits per heavy atom. The van der Waals surface area contributed by atoms with Gasteiger partial charge in [0.1, 0.15) is 10.4 Å². The molecule has 38 valence electrons. The van der Waals surface area contributed by atoms with Gasteiger partial charge >= 0.3 is 0 Å². The van der Waals surface area contributed by atoms with Crippen LogP contribution in [0, 0.1) is 0 Å². The Kier molecular flexibility index (Phi) is 5.18. The lowest BCUT2D eigenvalue weighted by Crippen LogP contribution is -2.12. The van der Waals surface area contributed by atoms with Gasteiger partial charge in [0.05, 0.1) is 13.2 Å². The standard InChI is InChI=1S/C2H9NO2Si/c4-1-2-5-3-6/h3-4H,1-2H2,6H3. The molecule has 0 heterocycles. The highest BCUT2D eigenvalue weighted by atomic mass is 28.2. The maximum absolute atomic E-state index is 8.05. The highest BCUT2D eigenvalue weighted by molar-refractivity contribution is 6.03. The predicted molar refractivity (Wildman–Crippen MR) is 26.1 cm³/mol. The van der Waals surface area contributed by atoms with Crippen molar-refractivity contribution in [1.82, 2.24) is 5.15 Å². The van der Waals surface area contributed by atoms with Crippen LogP contribution in [-0.2, 0) is 4.84 Å². The van der Waals surface area contributed by atoms with Crippen LogP contribution in [0.3, 0.4) is 0 Å². The first kappa shape index (κ1) is 6.10. The Balaban J connectivity index is 2.34. The summed E-state index contributed by atoms with van der Waals surface area (Å²) in [5.74, 6) is 0. The van der Waals surface area contributed by atoms with Gasteiger partial charge in [0.25, 0.3) is 0 Å². The van der Waals surface area contributed by atoms with E-state index in [1.165, 1.54) is 0 Å². The molecule has 0 radical (unpaired) electrons. The van der Waals surface area contributed by atoms with Gasteiger partial charge in [0, 0.05) is 0 Å². The normalized spacial score (nSPS) is 9.50. The Morgan fingerprint density at radius 2 is 2.50 bits per heavy atom.